The number of ether oxygens (including phenoxy) is 2. The molecule has 3 aromatic carbocycles. The van der Waals surface area contributed by atoms with Crippen LogP contribution in [0.25, 0.3) is 0 Å². The maximum absolute atomic E-state index is 14.3. The molecule has 1 amide bonds. The third-order valence-corrected chi connectivity index (χ3v) is 10.4. The molecule has 2 unspecified atom stereocenters. The van der Waals surface area contributed by atoms with Gasteiger partial charge in [-0.3, -0.25) is 0 Å². The Hall–Kier alpha value is -2.54. The van der Waals surface area contributed by atoms with Crippen molar-refractivity contribution in [3.8, 4) is 5.75 Å². The molecule has 0 aliphatic carbocycles. The Morgan fingerprint density at radius 3 is 1.91 bits per heavy atom. The number of hydrogen-bond acceptors (Lipinski definition) is 4. The maximum Gasteiger partial charge on any atom is 1.00 e. The summed E-state index contributed by atoms with van der Waals surface area (Å²) in [5.74, 6) is 0.669. The molecule has 0 saturated heterocycles. The summed E-state index contributed by atoms with van der Waals surface area (Å²) in [5, 5.41) is 15.0. The van der Waals surface area contributed by atoms with Crippen LogP contribution in [0.1, 0.15) is 25.0 Å². The van der Waals surface area contributed by atoms with Crippen LogP contribution in [0.4, 0.5) is 4.79 Å². The first-order chi connectivity index (χ1) is 15.9. The maximum atomic E-state index is 14.3. The monoisotopic (exact) mass is 469 g/mol. The summed E-state index contributed by atoms with van der Waals surface area (Å²) in [6.07, 6.45) is 0.185. The molecule has 5 nitrogen and oxygen atoms in total. The molecule has 0 aliphatic heterocycles. The summed E-state index contributed by atoms with van der Waals surface area (Å²) < 4.78 is 15.0. The van der Waals surface area contributed by atoms with E-state index >= 15 is 0 Å². The van der Waals surface area contributed by atoms with Gasteiger partial charge < -0.3 is 14.6 Å². The zero-order chi connectivity index (χ0) is 23.9. The number of rotatable bonds is 8. The molecule has 0 aromatic heterocycles. The third-order valence-electron chi connectivity index (χ3n) is 5.95. The summed E-state index contributed by atoms with van der Waals surface area (Å²) >= 11 is 0. The molecule has 3 rings (SSSR count). The Balaban J connectivity index is 0.00000408. The number of nitrogens with zero attached hydrogens (tertiary/aromatic N) is 1. The van der Waals surface area contributed by atoms with E-state index in [1.54, 1.807) is 37.5 Å². The van der Waals surface area contributed by atoms with Crippen molar-refractivity contribution < 1.29 is 38.2 Å². The zero-order valence-corrected chi connectivity index (χ0v) is 21.1. The molecule has 34 heavy (non-hydrogen) atoms. The van der Waals surface area contributed by atoms with E-state index in [0.717, 1.165) is 10.6 Å². The molecule has 0 fully saturated rings. The van der Waals surface area contributed by atoms with E-state index in [2.05, 4.69) is 6.58 Å². The van der Waals surface area contributed by atoms with E-state index in [1.165, 1.54) is 7.11 Å². The summed E-state index contributed by atoms with van der Waals surface area (Å²) in [5.41, 5.74) is 0.594. The van der Waals surface area contributed by atoms with Gasteiger partial charge >= 0.3 is 25.0 Å². The van der Waals surface area contributed by atoms with Gasteiger partial charge in [0.25, 0.3) is 0 Å². The molecule has 2 atom stereocenters. The van der Waals surface area contributed by atoms with Crippen molar-refractivity contribution in [1.29, 1.82) is 0 Å². The summed E-state index contributed by atoms with van der Waals surface area (Å²) in [7, 11) is -0.127. The van der Waals surface area contributed by atoms with Crippen LogP contribution >= 0.6 is 7.05 Å². The average Bonchev–Trinajstić information content (AvgIpc) is 2.87. The van der Waals surface area contributed by atoms with Crippen molar-refractivity contribution in [1.82, 2.24) is 0 Å². The van der Waals surface area contributed by atoms with E-state index in [9.17, 15) is 9.90 Å². The van der Waals surface area contributed by atoms with Gasteiger partial charge in [0.2, 0.25) is 0 Å². The standard InChI is InChI=1S/C27H29NO4P.Li/c1-5-20-27(2,25(29)21-16-18-22(31-3)19-17-21)33(28-26(30)32-4,23-12-8-6-9-13-23)24-14-10-7-11-15-24;/h5-19,25H,1,20H2,2-4H3;/q-1;+1. The van der Waals surface area contributed by atoms with Crippen LogP contribution in [-0.2, 0) is 4.74 Å². The van der Waals surface area contributed by atoms with Gasteiger partial charge in [-0.05, 0) is 29.2 Å². The molecule has 0 heterocycles. The Morgan fingerprint density at radius 2 is 1.50 bits per heavy atom. The minimum atomic E-state index is -3.02. The fraction of sp³-hybridized carbons (Fsp3) is 0.222. The number of carbonyl (C=O) groups excluding carboxylic acids is 1. The van der Waals surface area contributed by atoms with Crippen molar-refractivity contribution in [2.45, 2.75) is 24.6 Å². The van der Waals surface area contributed by atoms with Crippen LogP contribution in [0.2, 0.25) is 0 Å². The number of hydrogen-bond donors (Lipinski definition) is 0. The topological polar surface area (TPSA) is 71.0 Å². The van der Waals surface area contributed by atoms with E-state index in [-0.39, 0.29) is 18.9 Å². The van der Waals surface area contributed by atoms with Crippen LogP contribution in [0.5, 0.6) is 5.75 Å². The van der Waals surface area contributed by atoms with E-state index in [4.69, 9.17) is 14.2 Å². The minimum absolute atomic E-state index is 0. The molecule has 0 spiro atoms. The second-order valence-electron chi connectivity index (χ2n) is 7.88. The van der Waals surface area contributed by atoms with Crippen molar-refractivity contribution in [3.05, 3.63) is 103 Å². The smallest absolute Gasteiger partial charge is 0.848 e. The quantitative estimate of drug-likeness (QED) is 0.288. The minimum Gasteiger partial charge on any atom is -0.848 e. The molecule has 0 radical (unpaired) electrons. The molecular formula is C27H29LiNO4P. The Labute approximate surface area is 214 Å². The molecule has 172 valence electrons. The van der Waals surface area contributed by atoms with Crippen molar-refractivity contribution in [2.24, 2.45) is 4.74 Å². The van der Waals surface area contributed by atoms with Crippen LogP contribution < -0.4 is 39.3 Å². The molecule has 0 saturated carbocycles. The average molecular weight is 469 g/mol. The number of allylic oxidation sites excluding steroid dienone is 1. The summed E-state index contributed by atoms with van der Waals surface area (Å²) in [4.78, 5) is 12.8. The molecule has 0 N–H and O–H groups in total. The Kier molecular flexibility index (Phi) is 9.98. The SMILES string of the molecule is C=CCC(C)(C([O-])c1ccc(OC)cc1)P(=NC(=O)OC)(c1ccccc1)c1ccccc1.[Li+]. The first-order valence-corrected chi connectivity index (χ1v) is 12.4. The van der Waals surface area contributed by atoms with Gasteiger partial charge in [-0.15, -0.1) is 6.58 Å². The summed E-state index contributed by atoms with van der Waals surface area (Å²) in [6, 6.07) is 26.3. The number of carbonyl (C=O) groups is 1. The Morgan fingerprint density at radius 1 is 1.00 bits per heavy atom. The van der Waals surface area contributed by atoms with Crippen LogP contribution in [-0.4, -0.2) is 25.5 Å². The summed E-state index contributed by atoms with van der Waals surface area (Å²) in [6.45, 7) is 5.86. The molecule has 0 aliphatic rings. The largest absolute Gasteiger partial charge is 1.00 e. The van der Waals surface area contributed by atoms with Gasteiger partial charge in [0.05, 0.1) is 14.2 Å². The molecule has 0 bridgehead atoms. The first kappa shape index (κ1) is 27.7. The van der Waals surface area contributed by atoms with E-state index < -0.39 is 24.4 Å². The number of amides is 1. The number of benzene rings is 3. The van der Waals surface area contributed by atoms with Crippen molar-refractivity contribution in [3.63, 3.8) is 0 Å². The van der Waals surface area contributed by atoms with Gasteiger partial charge in [0.1, 0.15) is 5.75 Å². The normalized spacial score (nSPS) is 13.5. The fourth-order valence-corrected chi connectivity index (χ4v) is 8.61. The second-order valence-corrected chi connectivity index (χ2v) is 11.4. The van der Waals surface area contributed by atoms with Crippen LogP contribution in [0.15, 0.2) is 102 Å². The molecule has 7 heteroatoms. The van der Waals surface area contributed by atoms with Gasteiger partial charge in [-0.25, -0.2) is 4.79 Å². The molecular weight excluding hydrogens is 440 g/mol. The first-order valence-electron chi connectivity index (χ1n) is 10.6. The van der Waals surface area contributed by atoms with Gasteiger partial charge in [0, 0.05) is 12.2 Å². The van der Waals surface area contributed by atoms with Gasteiger partial charge in [0.15, 0.2) is 0 Å². The van der Waals surface area contributed by atoms with Crippen LogP contribution in [0, 0.1) is 0 Å². The van der Waals surface area contributed by atoms with Crippen LogP contribution in [0.3, 0.4) is 0 Å². The Bertz CT molecular complexity index is 1090. The number of methoxy groups -OCH3 is 2. The van der Waals surface area contributed by atoms with E-state index in [0.29, 0.717) is 17.7 Å². The van der Waals surface area contributed by atoms with Gasteiger partial charge in [-0.1, -0.05) is 97.5 Å². The van der Waals surface area contributed by atoms with Gasteiger partial charge in [-0.2, -0.15) is 4.74 Å². The molecule has 3 aromatic rings. The van der Waals surface area contributed by atoms with Crippen molar-refractivity contribution in [2.75, 3.05) is 14.2 Å². The fourth-order valence-electron chi connectivity index (χ4n) is 4.26. The zero-order valence-electron chi connectivity index (χ0n) is 20.2. The predicted octanol–water partition coefficient (Wildman–Crippen LogP) is 2.05. The second kappa shape index (κ2) is 12.2. The van der Waals surface area contributed by atoms with Crippen molar-refractivity contribution >= 4 is 23.8 Å². The predicted molar refractivity (Wildman–Crippen MR) is 133 cm³/mol. The van der Waals surface area contributed by atoms with E-state index in [1.807, 2.05) is 67.6 Å². The third kappa shape index (κ3) is 5.24.